The van der Waals surface area contributed by atoms with Gasteiger partial charge in [0.25, 0.3) is 0 Å². The number of aliphatic hydroxyl groups excluding tert-OH is 1. The van der Waals surface area contributed by atoms with E-state index in [-0.39, 0.29) is 25.7 Å². The van der Waals surface area contributed by atoms with E-state index in [1.54, 1.807) is 0 Å². The molecule has 624 valence electrons. The molecule has 0 aromatic heterocycles. The fraction of sp³-hybridized carbons (Fsp3) is 0.953. The normalized spacial score (nSPS) is 13.8. The zero-order valence-electron chi connectivity index (χ0n) is 69.0. The number of unbranched alkanes of at least 4 members (excludes halogenated alkanes) is 55. The molecule has 0 heterocycles. The van der Waals surface area contributed by atoms with Gasteiger partial charge < -0.3 is 33.8 Å². The van der Waals surface area contributed by atoms with E-state index in [2.05, 4.69) is 41.5 Å². The Hall–Kier alpha value is -1.94. The van der Waals surface area contributed by atoms with Gasteiger partial charge in [0.05, 0.1) is 26.4 Å². The van der Waals surface area contributed by atoms with E-state index < -0.39 is 97.5 Å². The van der Waals surface area contributed by atoms with E-state index >= 15 is 0 Å². The number of phosphoric ester groups is 2. The molecule has 5 atom stereocenters. The summed E-state index contributed by atoms with van der Waals surface area (Å²) in [7, 11) is -9.93. The maximum absolute atomic E-state index is 13.1. The fourth-order valence-electron chi connectivity index (χ4n) is 13.4. The molecule has 0 aliphatic heterocycles. The Bertz CT molecular complexity index is 2010. The number of hydrogen-bond acceptors (Lipinski definition) is 15. The largest absolute Gasteiger partial charge is 0.472 e. The average molecular weight is 1540 g/mol. The van der Waals surface area contributed by atoms with Crippen LogP contribution in [-0.4, -0.2) is 96.7 Å². The van der Waals surface area contributed by atoms with Gasteiger partial charge in [-0.05, 0) is 37.5 Å². The topological polar surface area (TPSA) is 237 Å². The van der Waals surface area contributed by atoms with Crippen molar-refractivity contribution < 1.29 is 80.2 Å². The van der Waals surface area contributed by atoms with Crippen molar-refractivity contribution in [2.75, 3.05) is 39.6 Å². The maximum atomic E-state index is 13.1. The first-order chi connectivity index (χ1) is 50.9. The predicted molar refractivity (Wildman–Crippen MR) is 432 cm³/mol. The zero-order valence-corrected chi connectivity index (χ0v) is 70.8. The van der Waals surface area contributed by atoms with Crippen molar-refractivity contribution in [3.8, 4) is 0 Å². The lowest BCUT2D eigenvalue weighted by molar-refractivity contribution is -0.161. The first kappa shape index (κ1) is 103. The minimum Gasteiger partial charge on any atom is -0.462 e. The van der Waals surface area contributed by atoms with E-state index in [9.17, 15) is 43.2 Å². The summed E-state index contributed by atoms with van der Waals surface area (Å²) in [5.74, 6) is -0.543. The molecule has 0 aromatic carbocycles. The Kier molecular flexibility index (Phi) is 76.0. The zero-order chi connectivity index (χ0) is 77.1. The number of ether oxygens (including phenoxy) is 4. The second-order valence-electron chi connectivity index (χ2n) is 31.9. The molecule has 0 radical (unpaired) electrons. The van der Waals surface area contributed by atoms with Crippen molar-refractivity contribution in [3.63, 3.8) is 0 Å². The quantitative estimate of drug-likeness (QED) is 0.0222. The van der Waals surface area contributed by atoms with Gasteiger partial charge in [-0.3, -0.25) is 37.3 Å². The van der Waals surface area contributed by atoms with E-state index in [1.807, 2.05) is 0 Å². The lowest BCUT2D eigenvalue weighted by Crippen LogP contribution is -2.30. The molecule has 105 heavy (non-hydrogen) atoms. The van der Waals surface area contributed by atoms with Crippen molar-refractivity contribution in [1.82, 2.24) is 0 Å². The summed E-state index contributed by atoms with van der Waals surface area (Å²) >= 11 is 0. The van der Waals surface area contributed by atoms with Crippen LogP contribution in [0.25, 0.3) is 0 Å². The van der Waals surface area contributed by atoms with Crippen molar-refractivity contribution in [1.29, 1.82) is 0 Å². The molecule has 0 aliphatic carbocycles. The van der Waals surface area contributed by atoms with Crippen LogP contribution in [0.3, 0.4) is 0 Å². The molecule has 0 aliphatic rings. The highest BCUT2D eigenvalue weighted by molar-refractivity contribution is 7.47. The van der Waals surface area contributed by atoms with Crippen LogP contribution in [-0.2, 0) is 65.4 Å². The fourth-order valence-corrected chi connectivity index (χ4v) is 15.0. The molecule has 0 aromatic rings. The number of carbonyl (C=O) groups is 4. The monoisotopic (exact) mass is 1540 g/mol. The second-order valence-corrected chi connectivity index (χ2v) is 34.8. The van der Waals surface area contributed by atoms with Gasteiger partial charge in [-0.2, -0.15) is 0 Å². The second kappa shape index (κ2) is 77.4. The van der Waals surface area contributed by atoms with Gasteiger partial charge in [0.2, 0.25) is 0 Å². The summed E-state index contributed by atoms with van der Waals surface area (Å²) in [5, 5.41) is 10.7. The number of hydrogen-bond donors (Lipinski definition) is 3. The molecule has 0 amide bonds. The molecule has 0 saturated carbocycles. The Morgan fingerprint density at radius 1 is 0.257 bits per heavy atom. The van der Waals surface area contributed by atoms with E-state index in [4.69, 9.17) is 37.0 Å². The van der Waals surface area contributed by atoms with Crippen molar-refractivity contribution >= 4 is 39.5 Å². The molecular weight excluding hydrogens is 1370 g/mol. The molecule has 0 rings (SSSR count). The summed E-state index contributed by atoms with van der Waals surface area (Å²) in [6.45, 7) is 9.69. The van der Waals surface area contributed by atoms with E-state index in [0.29, 0.717) is 25.7 Å². The van der Waals surface area contributed by atoms with Gasteiger partial charge in [0.1, 0.15) is 19.3 Å². The summed E-state index contributed by atoms with van der Waals surface area (Å²) < 4.78 is 68.9. The third-order valence-corrected chi connectivity index (χ3v) is 22.1. The smallest absolute Gasteiger partial charge is 0.462 e. The van der Waals surface area contributed by atoms with Crippen LogP contribution < -0.4 is 0 Å². The van der Waals surface area contributed by atoms with Crippen molar-refractivity contribution in [3.05, 3.63) is 0 Å². The number of phosphoric acid groups is 2. The highest BCUT2D eigenvalue weighted by atomic mass is 31.2. The SMILES string of the molecule is CCCCCCCCCCCCCCCCCCCCCCCCC(=O)O[C@H](COC(=O)CCCCCCCCCCCCCCC(C)C)COP(=O)(O)OC[C@@H](O)COP(=O)(O)OC[C@@H](COC(=O)CCCCCCCCCCCCCCC)OC(=O)CCCCCCCCCCCCCCC(C)C. The predicted octanol–water partition coefficient (Wildman–Crippen LogP) is 26.2. The minimum absolute atomic E-state index is 0.108. The Labute approximate surface area is 645 Å². The molecule has 0 bridgehead atoms. The van der Waals surface area contributed by atoms with Crippen LogP contribution in [0, 0.1) is 11.8 Å². The van der Waals surface area contributed by atoms with E-state index in [0.717, 1.165) is 102 Å². The Morgan fingerprint density at radius 3 is 0.648 bits per heavy atom. The number of aliphatic hydroxyl groups is 1. The molecule has 17 nitrogen and oxygen atoms in total. The molecule has 0 saturated heterocycles. The molecule has 3 N–H and O–H groups in total. The van der Waals surface area contributed by atoms with Crippen LogP contribution in [0.1, 0.15) is 459 Å². The highest BCUT2D eigenvalue weighted by Gasteiger charge is 2.30. The molecule has 0 spiro atoms. The van der Waals surface area contributed by atoms with Crippen molar-refractivity contribution in [2.45, 2.75) is 477 Å². The number of carbonyl (C=O) groups excluding carboxylic acids is 4. The number of esters is 4. The summed E-state index contributed by atoms with van der Waals surface area (Å²) in [6.07, 6.45) is 69.4. The van der Waals surface area contributed by atoms with Gasteiger partial charge in [0, 0.05) is 25.7 Å². The first-order valence-corrected chi connectivity index (χ1v) is 47.5. The van der Waals surface area contributed by atoms with Crippen LogP contribution in [0.15, 0.2) is 0 Å². The standard InChI is InChI=1S/C86H168O17P2/c1-7-9-11-13-15-17-19-21-22-23-24-25-26-27-28-29-31-40-46-52-58-64-70-85(90)102-81(75-97-84(89)69-63-57-51-45-39-34-32-36-42-48-54-60-66-78(3)4)76-100-104(92,93)98-72-80(87)73-99-105(94,95)101-77-82(74-96-83(88)68-62-56-50-44-38-30-20-18-16-14-12-10-8-2)103-86(91)71-65-59-53-47-41-35-33-37-43-49-55-61-67-79(5)6/h78-82,87H,7-77H2,1-6H3,(H,92,93)(H,94,95)/t80-,81-,82-/m1/s1. The summed E-state index contributed by atoms with van der Waals surface area (Å²) in [4.78, 5) is 73.2. The molecule has 2 unspecified atom stereocenters. The van der Waals surface area contributed by atoms with Gasteiger partial charge in [-0.15, -0.1) is 0 Å². The van der Waals surface area contributed by atoms with Gasteiger partial charge in [0.15, 0.2) is 12.2 Å². The highest BCUT2D eigenvalue weighted by Crippen LogP contribution is 2.45. The van der Waals surface area contributed by atoms with Crippen LogP contribution in [0.2, 0.25) is 0 Å². The lowest BCUT2D eigenvalue weighted by Gasteiger charge is -2.21. The van der Waals surface area contributed by atoms with E-state index in [1.165, 1.54) is 276 Å². The van der Waals surface area contributed by atoms with Crippen LogP contribution in [0.5, 0.6) is 0 Å². The molecular formula is C86H168O17P2. The van der Waals surface area contributed by atoms with Gasteiger partial charge in [-0.25, -0.2) is 9.13 Å². The lowest BCUT2D eigenvalue weighted by atomic mass is 10.0. The average Bonchev–Trinajstić information content (AvgIpc) is 0.910. The van der Waals surface area contributed by atoms with Crippen LogP contribution >= 0.6 is 15.6 Å². The number of rotatable bonds is 85. The molecule has 19 heteroatoms. The van der Waals surface area contributed by atoms with Crippen LogP contribution in [0.4, 0.5) is 0 Å². The maximum Gasteiger partial charge on any atom is 0.472 e. The Morgan fingerprint density at radius 2 is 0.438 bits per heavy atom. The van der Waals surface area contributed by atoms with Crippen molar-refractivity contribution in [2.24, 2.45) is 11.8 Å². The third kappa shape index (κ3) is 79.9. The third-order valence-electron chi connectivity index (χ3n) is 20.2. The summed E-state index contributed by atoms with van der Waals surface area (Å²) in [5.41, 5.74) is 0. The van der Waals surface area contributed by atoms with Gasteiger partial charge in [-0.1, -0.05) is 408 Å². The van der Waals surface area contributed by atoms with Gasteiger partial charge >= 0.3 is 39.5 Å². The molecule has 0 fully saturated rings. The Balaban J connectivity index is 5.24. The first-order valence-electron chi connectivity index (χ1n) is 44.5. The minimum atomic E-state index is -4.97. The summed E-state index contributed by atoms with van der Waals surface area (Å²) in [6, 6.07) is 0.